The molecule has 0 aliphatic heterocycles. The number of hydrogen-bond donors (Lipinski definition) is 1. The van der Waals surface area contributed by atoms with Crippen molar-refractivity contribution in [3.05, 3.63) is 87.3 Å². The lowest BCUT2D eigenvalue weighted by molar-refractivity contribution is 0.950. The highest BCUT2D eigenvalue weighted by Crippen LogP contribution is 2.16. The number of pyridine rings is 1. The molecular formula is C18H13BrN4O. The van der Waals surface area contributed by atoms with Gasteiger partial charge >= 0.3 is 0 Å². The molecule has 1 aromatic carbocycles. The Morgan fingerprint density at radius 3 is 2.71 bits per heavy atom. The fourth-order valence-electron chi connectivity index (χ4n) is 2.60. The van der Waals surface area contributed by atoms with Crippen LogP contribution in [0.3, 0.4) is 0 Å². The van der Waals surface area contributed by atoms with Crippen LogP contribution in [-0.2, 0) is 6.42 Å². The summed E-state index contributed by atoms with van der Waals surface area (Å²) < 4.78 is 2.80. The lowest BCUT2D eigenvalue weighted by Crippen LogP contribution is -2.12. The van der Waals surface area contributed by atoms with Gasteiger partial charge in [0.05, 0.1) is 10.9 Å². The third kappa shape index (κ3) is 2.88. The van der Waals surface area contributed by atoms with Gasteiger partial charge in [0, 0.05) is 29.5 Å². The number of aromatic amines is 1. The van der Waals surface area contributed by atoms with E-state index in [4.69, 9.17) is 0 Å². The summed E-state index contributed by atoms with van der Waals surface area (Å²) in [7, 11) is 0. The summed E-state index contributed by atoms with van der Waals surface area (Å²) in [6.45, 7) is 0. The number of nitrogens with one attached hydrogen (secondary N) is 1. The van der Waals surface area contributed by atoms with E-state index in [2.05, 4.69) is 30.9 Å². The van der Waals surface area contributed by atoms with E-state index >= 15 is 0 Å². The van der Waals surface area contributed by atoms with Crippen molar-refractivity contribution in [2.24, 2.45) is 0 Å². The lowest BCUT2D eigenvalue weighted by atomic mass is 10.2. The maximum absolute atomic E-state index is 12.2. The summed E-state index contributed by atoms with van der Waals surface area (Å²) in [6.07, 6.45) is 6.23. The van der Waals surface area contributed by atoms with Crippen LogP contribution >= 0.6 is 15.9 Å². The minimum Gasteiger partial charge on any atom is -0.310 e. The number of hydrogen-bond acceptors (Lipinski definition) is 3. The number of rotatable bonds is 3. The van der Waals surface area contributed by atoms with Crippen LogP contribution < -0.4 is 5.56 Å². The van der Waals surface area contributed by atoms with E-state index in [1.165, 1.54) is 0 Å². The number of aromatic nitrogens is 4. The van der Waals surface area contributed by atoms with Crippen LogP contribution in [0.4, 0.5) is 0 Å². The third-order valence-electron chi connectivity index (χ3n) is 3.77. The first kappa shape index (κ1) is 14.8. The molecule has 0 saturated carbocycles. The smallest absolute Gasteiger partial charge is 0.258 e. The lowest BCUT2D eigenvalue weighted by Gasteiger charge is -2.05. The molecule has 0 saturated heterocycles. The van der Waals surface area contributed by atoms with Gasteiger partial charge in [-0.3, -0.25) is 4.79 Å². The number of halogens is 1. The average Bonchev–Trinajstić information content (AvgIpc) is 3.11. The van der Waals surface area contributed by atoms with Crippen molar-refractivity contribution in [2.75, 3.05) is 0 Å². The minimum absolute atomic E-state index is 0.131. The molecule has 4 rings (SSSR count). The van der Waals surface area contributed by atoms with E-state index in [0.29, 0.717) is 23.1 Å². The normalized spacial score (nSPS) is 11.0. The van der Waals surface area contributed by atoms with Crippen molar-refractivity contribution in [1.29, 1.82) is 0 Å². The van der Waals surface area contributed by atoms with E-state index < -0.39 is 0 Å². The molecule has 24 heavy (non-hydrogen) atoms. The van der Waals surface area contributed by atoms with Gasteiger partial charge in [0.25, 0.3) is 5.56 Å². The van der Waals surface area contributed by atoms with Gasteiger partial charge < -0.3 is 9.55 Å². The Labute approximate surface area is 146 Å². The monoisotopic (exact) mass is 380 g/mol. The Hall–Kier alpha value is -2.73. The standard InChI is InChI=1S/C18H13BrN4O/c19-13-4-5-15-14(10-13)18(24)22-16(21-15)9-12-3-6-17(20-11-12)23-7-1-2-8-23/h1-8,10-11H,9H2,(H,21,22,24). The first-order valence-electron chi connectivity index (χ1n) is 7.46. The first-order valence-corrected chi connectivity index (χ1v) is 8.25. The van der Waals surface area contributed by atoms with Gasteiger partial charge in [-0.1, -0.05) is 22.0 Å². The van der Waals surface area contributed by atoms with E-state index in [-0.39, 0.29) is 5.56 Å². The van der Waals surface area contributed by atoms with Crippen LogP contribution in [0.2, 0.25) is 0 Å². The molecule has 0 aliphatic rings. The predicted molar refractivity (Wildman–Crippen MR) is 96.4 cm³/mol. The SMILES string of the molecule is O=c1[nH]c(Cc2ccc(-n3cccc3)nc2)nc2ccc(Br)cc12. The van der Waals surface area contributed by atoms with Crippen molar-refractivity contribution in [1.82, 2.24) is 19.5 Å². The second kappa shape index (κ2) is 6.05. The number of H-pyrrole nitrogens is 1. The van der Waals surface area contributed by atoms with Crippen molar-refractivity contribution in [3.63, 3.8) is 0 Å². The summed E-state index contributed by atoms with van der Waals surface area (Å²) in [4.78, 5) is 24.0. The second-order valence-corrected chi connectivity index (χ2v) is 6.38. The highest BCUT2D eigenvalue weighted by Gasteiger charge is 2.06. The maximum Gasteiger partial charge on any atom is 0.258 e. The summed E-state index contributed by atoms with van der Waals surface area (Å²) in [6, 6.07) is 13.4. The molecule has 0 fully saturated rings. The molecule has 0 aliphatic carbocycles. The molecule has 118 valence electrons. The second-order valence-electron chi connectivity index (χ2n) is 5.47. The molecule has 0 spiro atoms. The predicted octanol–water partition coefficient (Wildman–Crippen LogP) is 3.46. The van der Waals surface area contributed by atoms with Crippen LogP contribution in [0.15, 0.2) is 70.3 Å². The quantitative estimate of drug-likeness (QED) is 0.591. The molecule has 0 atom stereocenters. The van der Waals surface area contributed by atoms with Crippen LogP contribution in [-0.4, -0.2) is 19.5 Å². The summed E-state index contributed by atoms with van der Waals surface area (Å²) in [5.41, 5.74) is 1.55. The highest BCUT2D eigenvalue weighted by atomic mass is 79.9. The van der Waals surface area contributed by atoms with Gasteiger partial charge in [-0.05, 0) is 42.0 Å². The number of fused-ring (bicyclic) bond motifs is 1. The molecule has 4 aromatic rings. The Morgan fingerprint density at radius 1 is 1.12 bits per heavy atom. The summed E-state index contributed by atoms with van der Waals surface area (Å²) in [5.74, 6) is 1.49. The van der Waals surface area contributed by atoms with Gasteiger partial charge in [-0.25, -0.2) is 9.97 Å². The van der Waals surface area contributed by atoms with E-state index in [1.807, 2.05) is 53.4 Å². The Kier molecular flexibility index (Phi) is 3.74. The fraction of sp³-hybridized carbons (Fsp3) is 0.0556. The molecule has 0 radical (unpaired) electrons. The topological polar surface area (TPSA) is 63.6 Å². The van der Waals surface area contributed by atoms with Gasteiger partial charge in [0.2, 0.25) is 0 Å². The Balaban J connectivity index is 1.64. The van der Waals surface area contributed by atoms with Crippen molar-refractivity contribution in [3.8, 4) is 5.82 Å². The van der Waals surface area contributed by atoms with E-state index in [9.17, 15) is 4.79 Å². The molecule has 1 N–H and O–H groups in total. The fourth-order valence-corrected chi connectivity index (χ4v) is 2.96. The molecule has 0 amide bonds. The zero-order chi connectivity index (χ0) is 16.5. The highest BCUT2D eigenvalue weighted by molar-refractivity contribution is 9.10. The number of benzene rings is 1. The Bertz CT molecular complexity index is 1050. The van der Waals surface area contributed by atoms with Gasteiger partial charge in [-0.2, -0.15) is 0 Å². The average molecular weight is 381 g/mol. The van der Waals surface area contributed by atoms with Crippen molar-refractivity contribution < 1.29 is 0 Å². The molecule has 0 bridgehead atoms. The van der Waals surface area contributed by atoms with E-state index in [0.717, 1.165) is 15.9 Å². The Morgan fingerprint density at radius 2 is 1.96 bits per heavy atom. The summed E-state index contributed by atoms with van der Waals surface area (Å²) >= 11 is 3.37. The van der Waals surface area contributed by atoms with Crippen LogP contribution in [0, 0.1) is 0 Å². The molecule has 5 nitrogen and oxygen atoms in total. The maximum atomic E-state index is 12.2. The van der Waals surface area contributed by atoms with Crippen molar-refractivity contribution in [2.45, 2.75) is 6.42 Å². The van der Waals surface area contributed by atoms with Gasteiger partial charge in [0.15, 0.2) is 0 Å². The third-order valence-corrected chi connectivity index (χ3v) is 4.26. The van der Waals surface area contributed by atoms with Crippen LogP contribution in [0.25, 0.3) is 16.7 Å². The van der Waals surface area contributed by atoms with Gasteiger partial charge in [-0.15, -0.1) is 0 Å². The summed E-state index contributed by atoms with van der Waals surface area (Å²) in [5, 5.41) is 0.578. The zero-order valence-corrected chi connectivity index (χ0v) is 14.2. The molecule has 3 aromatic heterocycles. The first-order chi connectivity index (χ1) is 11.7. The number of nitrogens with zero attached hydrogens (tertiary/aromatic N) is 3. The molecule has 0 unspecified atom stereocenters. The van der Waals surface area contributed by atoms with Crippen LogP contribution in [0.1, 0.15) is 11.4 Å². The molecular weight excluding hydrogens is 368 g/mol. The molecule has 6 heteroatoms. The largest absolute Gasteiger partial charge is 0.310 e. The van der Waals surface area contributed by atoms with Crippen LogP contribution in [0.5, 0.6) is 0 Å². The molecule has 3 heterocycles. The van der Waals surface area contributed by atoms with Crippen molar-refractivity contribution >= 4 is 26.8 Å². The van der Waals surface area contributed by atoms with Gasteiger partial charge in [0.1, 0.15) is 11.6 Å². The van der Waals surface area contributed by atoms with E-state index in [1.54, 1.807) is 12.3 Å². The minimum atomic E-state index is -0.131. The zero-order valence-electron chi connectivity index (χ0n) is 12.6.